The minimum atomic E-state index is -1.83. The molecule has 1 aliphatic carbocycles. The number of hydrogen-bond donors (Lipinski definition) is 3. The summed E-state index contributed by atoms with van der Waals surface area (Å²) >= 11 is 0. The van der Waals surface area contributed by atoms with Gasteiger partial charge in [0, 0.05) is 0 Å². The number of para-hydroxylation sites is 1. The van der Waals surface area contributed by atoms with Gasteiger partial charge in [0.2, 0.25) is 0 Å². The molecule has 0 radical (unpaired) electrons. The van der Waals surface area contributed by atoms with E-state index in [9.17, 15) is 9.90 Å². The second kappa shape index (κ2) is 6.65. The quantitative estimate of drug-likeness (QED) is 0.640. The Kier molecular flexibility index (Phi) is 4.66. The lowest BCUT2D eigenvalue weighted by atomic mass is 9.91. The molecule has 2 aromatic carbocycles. The Balaban J connectivity index is 0.000000433. The van der Waals surface area contributed by atoms with Crippen LogP contribution in [-0.4, -0.2) is 34.4 Å². The molecule has 2 aromatic rings. The second-order valence-electron chi connectivity index (χ2n) is 4.64. The van der Waals surface area contributed by atoms with Crippen molar-refractivity contribution >= 4 is 24.1 Å². The number of aromatic hydroxyl groups is 1. The number of carbonyl (C=O) groups excluding carboxylic acids is 1. The smallest absolute Gasteiger partial charge is 0.503 e. The van der Waals surface area contributed by atoms with Gasteiger partial charge in [0.1, 0.15) is 11.5 Å². The summed E-state index contributed by atoms with van der Waals surface area (Å²) in [4.78, 5) is 21.0. The molecule has 1 aliphatic rings. The van der Waals surface area contributed by atoms with Gasteiger partial charge < -0.3 is 20.1 Å². The Bertz CT molecular complexity index is 788. The molecule has 23 heavy (non-hydrogen) atoms. The molecule has 6 nitrogen and oxygen atoms in total. The average molecular weight is 314 g/mol. The molecule has 0 unspecified atom stereocenters. The van der Waals surface area contributed by atoms with Crippen LogP contribution in [0.2, 0.25) is 0 Å². The highest BCUT2D eigenvalue weighted by molar-refractivity contribution is 6.13. The normalized spacial score (nSPS) is 10.7. The van der Waals surface area contributed by atoms with Crippen LogP contribution in [-0.2, 0) is 0 Å². The van der Waals surface area contributed by atoms with Crippen LogP contribution in [0.5, 0.6) is 11.5 Å². The number of fused-ring (bicyclic) bond motifs is 1. The maximum absolute atomic E-state index is 12.5. The third-order valence-corrected chi connectivity index (χ3v) is 3.24. The van der Waals surface area contributed by atoms with E-state index in [0.717, 1.165) is 11.1 Å². The highest BCUT2D eigenvalue weighted by Crippen LogP contribution is 2.33. The standard InChI is InChI=1S/C16H12O3.CH2O3/c1-19-15-5-3-2-4-12(15)16(18)13-8-10-6-7-11(10)9-14(13)17;2-1(3)4/h2-9,17H,1H3;(H2,2,3,4). The summed E-state index contributed by atoms with van der Waals surface area (Å²) in [6.07, 6.45) is 1.97. The van der Waals surface area contributed by atoms with Crippen molar-refractivity contribution in [3.05, 3.63) is 58.7 Å². The zero-order valence-electron chi connectivity index (χ0n) is 12.2. The van der Waals surface area contributed by atoms with E-state index >= 15 is 0 Å². The van der Waals surface area contributed by atoms with E-state index in [1.54, 1.807) is 36.4 Å². The lowest BCUT2D eigenvalue weighted by molar-refractivity contribution is 0.103. The molecule has 0 saturated heterocycles. The van der Waals surface area contributed by atoms with Crippen LogP contribution >= 0.6 is 0 Å². The number of phenolic OH excluding ortho intramolecular Hbond substituents is 1. The molecule has 0 saturated carbocycles. The first-order valence-electron chi connectivity index (χ1n) is 6.58. The Hall–Kier alpha value is -3.28. The first-order valence-corrected chi connectivity index (χ1v) is 6.58. The zero-order chi connectivity index (χ0) is 17.0. The maximum atomic E-state index is 12.5. The maximum Gasteiger partial charge on any atom is 0.503 e. The molecule has 0 heterocycles. The van der Waals surface area contributed by atoms with Gasteiger partial charge in [-0.1, -0.05) is 24.3 Å². The van der Waals surface area contributed by atoms with Crippen molar-refractivity contribution in [3.8, 4) is 11.5 Å². The van der Waals surface area contributed by atoms with Crippen LogP contribution < -0.4 is 4.74 Å². The molecule has 0 amide bonds. The van der Waals surface area contributed by atoms with Gasteiger partial charge in [-0.25, -0.2) is 4.79 Å². The van der Waals surface area contributed by atoms with E-state index in [-0.39, 0.29) is 11.5 Å². The Morgan fingerprint density at radius 2 is 1.52 bits per heavy atom. The predicted octanol–water partition coefficient (Wildman–Crippen LogP) is 3.34. The number of phenols is 1. The number of methoxy groups -OCH3 is 1. The lowest BCUT2D eigenvalue weighted by Gasteiger charge is -2.14. The van der Waals surface area contributed by atoms with Crippen molar-refractivity contribution < 1.29 is 29.6 Å². The molecule has 118 valence electrons. The topological polar surface area (TPSA) is 104 Å². The van der Waals surface area contributed by atoms with Gasteiger partial charge in [0.05, 0.1) is 18.2 Å². The Morgan fingerprint density at radius 1 is 0.957 bits per heavy atom. The lowest BCUT2D eigenvalue weighted by Crippen LogP contribution is -2.06. The molecule has 0 aliphatic heterocycles. The molecular formula is C17H14O6. The highest BCUT2D eigenvalue weighted by Gasteiger charge is 2.20. The Morgan fingerprint density at radius 3 is 2.09 bits per heavy atom. The fourth-order valence-corrected chi connectivity index (χ4v) is 2.15. The van der Waals surface area contributed by atoms with Crippen molar-refractivity contribution in [1.82, 2.24) is 0 Å². The van der Waals surface area contributed by atoms with E-state index in [4.69, 9.17) is 19.7 Å². The van der Waals surface area contributed by atoms with E-state index < -0.39 is 6.16 Å². The molecule has 0 atom stereocenters. The van der Waals surface area contributed by atoms with Gasteiger partial charge in [-0.3, -0.25) is 4.79 Å². The average Bonchev–Trinajstić information content (AvgIpc) is 2.50. The third kappa shape index (κ3) is 3.49. The number of carboxylic acid groups (broad SMARTS) is 2. The van der Waals surface area contributed by atoms with Crippen LogP contribution in [0.1, 0.15) is 27.0 Å². The molecule has 3 N–H and O–H groups in total. The first kappa shape index (κ1) is 16.1. The van der Waals surface area contributed by atoms with Crippen LogP contribution in [0.4, 0.5) is 4.79 Å². The van der Waals surface area contributed by atoms with Crippen molar-refractivity contribution in [2.45, 2.75) is 0 Å². The van der Waals surface area contributed by atoms with E-state index in [2.05, 4.69) is 0 Å². The SMILES string of the molecule is COc1ccccc1C(=O)c1cc2c(cc1O)C=C2.O=C(O)O. The summed E-state index contributed by atoms with van der Waals surface area (Å²) in [6.45, 7) is 0. The molecule has 0 spiro atoms. The first-order chi connectivity index (χ1) is 10.9. The molecule has 0 bridgehead atoms. The van der Waals surface area contributed by atoms with Crippen LogP contribution in [0.25, 0.3) is 12.2 Å². The second-order valence-corrected chi connectivity index (χ2v) is 4.64. The van der Waals surface area contributed by atoms with Gasteiger partial charge in [0.15, 0.2) is 5.78 Å². The van der Waals surface area contributed by atoms with Gasteiger partial charge in [-0.15, -0.1) is 0 Å². The van der Waals surface area contributed by atoms with Crippen LogP contribution in [0.15, 0.2) is 36.4 Å². The third-order valence-electron chi connectivity index (χ3n) is 3.24. The number of ether oxygens (including phenoxy) is 1. The minimum Gasteiger partial charge on any atom is -0.507 e. The van der Waals surface area contributed by atoms with Crippen molar-refractivity contribution in [1.29, 1.82) is 0 Å². The molecule has 0 fully saturated rings. The minimum absolute atomic E-state index is 0.000920. The van der Waals surface area contributed by atoms with Gasteiger partial charge >= 0.3 is 6.16 Å². The van der Waals surface area contributed by atoms with Crippen molar-refractivity contribution in [2.24, 2.45) is 0 Å². The Labute approximate surface area is 131 Å². The summed E-state index contributed by atoms with van der Waals surface area (Å²) in [5.41, 5.74) is 2.67. The number of ketones is 1. The molecular weight excluding hydrogens is 300 g/mol. The van der Waals surface area contributed by atoms with Gasteiger partial charge in [-0.2, -0.15) is 0 Å². The molecule has 3 rings (SSSR count). The fraction of sp³-hybridized carbons (Fsp3) is 0.0588. The van der Waals surface area contributed by atoms with Crippen LogP contribution in [0.3, 0.4) is 0 Å². The molecule has 6 heteroatoms. The van der Waals surface area contributed by atoms with Gasteiger partial charge in [0.25, 0.3) is 0 Å². The largest absolute Gasteiger partial charge is 0.507 e. The number of rotatable bonds is 3. The fourth-order valence-electron chi connectivity index (χ4n) is 2.15. The summed E-state index contributed by atoms with van der Waals surface area (Å²) in [5, 5.41) is 23.9. The monoisotopic (exact) mass is 314 g/mol. The number of carbonyl (C=O) groups is 2. The highest BCUT2D eigenvalue weighted by atomic mass is 16.6. The van der Waals surface area contributed by atoms with Crippen molar-refractivity contribution in [3.63, 3.8) is 0 Å². The zero-order valence-corrected chi connectivity index (χ0v) is 12.2. The predicted molar refractivity (Wildman–Crippen MR) is 84.1 cm³/mol. The van der Waals surface area contributed by atoms with E-state index in [0.29, 0.717) is 16.9 Å². The van der Waals surface area contributed by atoms with Crippen LogP contribution in [0, 0.1) is 0 Å². The van der Waals surface area contributed by atoms with Crippen molar-refractivity contribution in [2.75, 3.05) is 7.11 Å². The van der Waals surface area contributed by atoms with E-state index in [1.165, 1.54) is 7.11 Å². The molecule has 0 aromatic heterocycles. The summed E-state index contributed by atoms with van der Waals surface area (Å²) in [7, 11) is 1.52. The summed E-state index contributed by atoms with van der Waals surface area (Å²) < 4.78 is 5.18. The van der Waals surface area contributed by atoms with E-state index in [1.807, 2.05) is 12.2 Å². The summed E-state index contributed by atoms with van der Waals surface area (Å²) in [5.74, 6) is 0.266. The van der Waals surface area contributed by atoms with Gasteiger partial charge in [-0.05, 0) is 35.4 Å². The number of benzene rings is 2. The summed E-state index contributed by atoms with van der Waals surface area (Å²) in [6, 6.07) is 10.3. The number of hydrogen-bond acceptors (Lipinski definition) is 4.